The van der Waals surface area contributed by atoms with Gasteiger partial charge in [0, 0.05) is 23.9 Å². The van der Waals surface area contributed by atoms with Gasteiger partial charge in [0.2, 0.25) is 0 Å². The highest BCUT2D eigenvalue weighted by Crippen LogP contribution is 2.25. The predicted octanol–water partition coefficient (Wildman–Crippen LogP) is 1.74. The van der Waals surface area contributed by atoms with Gasteiger partial charge in [-0.05, 0) is 6.42 Å². The Morgan fingerprint density at radius 2 is 2.07 bits per heavy atom. The van der Waals surface area contributed by atoms with Crippen LogP contribution >= 0.6 is 15.9 Å². The molecule has 1 fully saturated rings. The summed E-state index contributed by atoms with van der Waals surface area (Å²) in [4.78, 5) is 12.5. The van der Waals surface area contributed by atoms with Crippen molar-refractivity contribution >= 4 is 21.7 Å². The molecule has 3 atom stereocenters. The molecule has 0 aromatic carbocycles. The first-order valence-electron chi connectivity index (χ1n) is 5.31. The maximum Gasteiger partial charge on any atom is 0.157 e. The predicted molar refractivity (Wildman–Crippen MR) is 64.4 cm³/mol. The lowest BCUT2D eigenvalue weighted by Crippen LogP contribution is -2.56. The number of rotatable bonds is 2. The molecule has 1 N–H and O–H groups in total. The van der Waals surface area contributed by atoms with E-state index < -0.39 is 0 Å². The molecule has 0 aromatic rings. The lowest BCUT2D eigenvalue weighted by atomic mass is 9.82. The molecule has 1 heterocycles. The van der Waals surface area contributed by atoms with Gasteiger partial charge in [0.1, 0.15) is 0 Å². The molecule has 3 unspecified atom stereocenters. The number of nitrogens with one attached hydrogen (secondary N) is 1. The Hall–Kier alpha value is 0.0700. The van der Waals surface area contributed by atoms with Gasteiger partial charge in [-0.15, -0.1) is 0 Å². The zero-order valence-corrected chi connectivity index (χ0v) is 11.4. The van der Waals surface area contributed by atoms with Crippen LogP contribution in [-0.4, -0.2) is 36.4 Å². The third-order valence-electron chi connectivity index (χ3n) is 2.74. The smallest absolute Gasteiger partial charge is 0.157 e. The number of hydrogen-bond acceptors (Lipinski definition) is 3. The van der Waals surface area contributed by atoms with Crippen molar-refractivity contribution in [2.75, 3.05) is 13.7 Å². The maximum atomic E-state index is 12.1. The highest BCUT2D eigenvalue weighted by Gasteiger charge is 2.38. The third kappa shape index (κ3) is 3.26. The van der Waals surface area contributed by atoms with E-state index in [0.29, 0.717) is 4.83 Å². The van der Waals surface area contributed by atoms with Gasteiger partial charge in [-0.3, -0.25) is 4.79 Å². The van der Waals surface area contributed by atoms with E-state index in [1.807, 2.05) is 20.8 Å². The Morgan fingerprint density at radius 1 is 1.47 bits per heavy atom. The fraction of sp³-hybridized carbons (Fsp3) is 0.909. The van der Waals surface area contributed by atoms with Crippen LogP contribution in [-0.2, 0) is 9.53 Å². The van der Waals surface area contributed by atoms with Crippen LogP contribution < -0.4 is 5.32 Å². The molecule has 0 amide bonds. The van der Waals surface area contributed by atoms with E-state index in [4.69, 9.17) is 4.74 Å². The van der Waals surface area contributed by atoms with Gasteiger partial charge < -0.3 is 10.1 Å². The normalized spacial score (nSPS) is 32.7. The number of ketones is 1. The quantitative estimate of drug-likeness (QED) is 0.782. The molecule has 0 bridgehead atoms. The standard InChI is InChI=1S/C11H20BrNO2/c1-11(2,3)10(14)9-8(15-4)5-7(12)6-13-9/h7-9,13H,5-6H2,1-4H3. The second-order valence-electron chi connectivity index (χ2n) is 5.11. The van der Waals surface area contributed by atoms with Crippen LogP contribution in [0, 0.1) is 5.41 Å². The summed E-state index contributed by atoms with van der Waals surface area (Å²) in [6, 6.07) is -0.163. The molecule has 1 aliphatic heterocycles. The molecule has 1 aliphatic rings. The van der Waals surface area contributed by atoms with Crippen LogP contribution in [0.1, 0.15) is 27.2 Å². The lowest BCUT2D eigenvalue weighted by Gasteiger charge is -2.36. The molecular weight excluding hydrogens is 258 g/mol. The van der Waals surface area contributed by atoms with Crippen molar-refractivity contribution in [2.24, 2.45) is 5.41 Å². The highest BCUT2D eigenvalue weighted by atomic mass is 79.9. The topological polar surface area (TPSA) is 38.3 Å². The Balaban J connectivity index is 2.72. The number of Topliss-reactive ketones (excluding diaryl/α,β-unsaturated/α-hetero) is 1. The Labute approximate surface area is 100 Å². The Morgan fingerprint density at radius 3 is 2.53 bits per heavy atom. The number of ether oxygens (including phenoxy) is 1. The van der Waals surface area contributed by atoms with Gasteiger partial charge in [-0.1, -0.05) is 36.7 Å². The van der Waals surface area contributed by atoms with Gasteiger partial charge in [-0.2, -0.15) is 0 Å². The molecule has 0 aromatic heterocycles. The van der Waals surface area contributed by atoms with Crippen LogP contribution in [0.3, 0.4) is 0 Å². The molecule has 3 nitrogen and oxygen atoms in total. The van der Waals surface area contributed by atoms with Crippen molar-refractivity contribution in [1.29, 1.82) is 0 Å². The van der Waals surface area contributed by atoms with E-state index in [0.717, 1.165) is 13.0 Å². The molecule has 1 rings (SSSR count). The summed E-state index contributed by atoms with van der Waals surface area (Å²) in [6.45, 7) is 6.67. The minimum absolute atomic E-state index is 0.0187. The largest absolute Gasteiger partial charge is 0.379 e. The van der Waals surface area contributed by atoms with Crippen LogP contribution in [0.4, 0.5) is 0 Å². The van der Waals surface area contributed by atoms with Crippen molar-refractivity contribution in [3.05, 3.63) is 0 Å². The Kier molecular flexibility index (Phi) is 4.32. The highest BCUT2D eigenvalue weighted by molar-refractivity contribution is 9.09. The van der Waals surface area contributed by atoms with E-state index in [1.54, 1.807) is 7.11 Å². The summed E-state index contributed by atoms with van der Waals surface area (Å²) < 4.78 is 5.38. The first-order chi connectivity index (χ1) is 6.86. The van der Waals surface area contributed by atoms with Crippen LogP contribution in [0.15, 0.2) is 0 Å². The summed E-state index contributed by atoms with van der Waals surface area (Å²) >= 11 is 3.54. The van der Waals surface area contributed by atoms with Gasteiger partial charge in [0.15, 0.2) is 5.78 Å². The summed E-state index contributed by atoms with van der Waals surface area (Å²) in [7, 11) is 1.67. The van der Waals surface area contributed by atoms with Crippen molar-refractivity contribution in [3.63, 3.8) is 0 Å². The summed E-state index contributed by atoms with van der Waals surface area (Å²) in [5, 5.41) is 3.25. The minimum Gasteiger partial charge on any atom is -0.379 e. The van der Waals surface area contributed by atoms with E-state index in [-0.39, 0.29) is 23.3 Å². The van der Waals surface area contributed by atoms with Crippen LogP contribution in [0.5, 0.6) is 0 Å². The van der Waals surface area contributed by atoms with E-state index >= 15 is 0 Å². The molecular formula is C11H20BrNO2. The molecule has 0 saturated carbocycles. The molecule has 0 radical (unpaired) electrons. The monoisotopic (exact) mass is 277 g/mol. The lowest BCUT2D eigenvalue weighted by molar-refractivity contribution is -0.132. The van der Waals surface area contributed by atoms with Crippen molar-refractivity contribution < 1.29 is 9.53 Å². The fourth-order valence-electron chi connectivity index (χ4n) is 1.82. The number of methoxy groups -OCH3 is 1. The van der Waals surface area contributed by atoms with Gasteiger partial charge in [0.05, 0.1) is 12.1 Å². The van der Waals surface area contributed by atoms with E-state index in [2.05, 4.69) is 21.2 Å². The molecule has 15 heavy (non-hydrogen) atoms. The average molecular weight is 278 g/mol. The maximum absolute atomic E-state index is 12.1. The summed E-state index contributed by atoms with van der Waals surface area (Å²) in [6.07, 6.45) is 0.866. The van der Waals surface area contributed by atoms with Gasteiger partial charge in [0.25, 0.3) is 0 Å². The fourth-order valence-corrected chi connectivity index (χ4v) is 2.37. The SMILES string of the molecule is COC1CC(Br)CNC1C(=O)C(C)(C)C. The average Bonchev–Trinajstić information content (AvgIpc) is 2.15. The van der Waals surface area contributed by atoms with Gasteiger partial charge in [-0.25, -0.2) is 0 Å². The van der Waals surface area contributed by atoms with Crippen molar-refractivity contribution in [1.82, 2.24) is 5.32 Å². The minimum atomic E-state index is -0.312. The summed E-state index contributed by atoms with van der Waals surface area (Å²) in [5.41, 5.74) is -0.312. The van der Waals surface area contributed by atoms with Crippen LogP contribution in [0.25, 0.3) is 0 Å². The van der Waals surface area contributed by atoms with Crippen molar-refractivity contribution in [2.45, 2.75) is 44.2 Å². The molecule has 0 spiro atoms. The van der Waals surface area contributed by atoms with E-state index in [9.17, 15) is 4.79 Å². The first kappa shape index (κ1) is 13.1. The number of carbonyl (C=O) groups excluding carboxylic acids is 1. The number of halogens is 1. The third-order valence-corrected chi connectivity index (χ3v) is 3.44. The summed E-state index contributed by atoms with van der Waals surface area (Å²) in [5.74, 6) is 0.230. The number of carbonyl (C=O) groups is 1. The molecule has 4 heteroatoms. The Bertz CT molecular complexity index is 237. The first-order valence-corrected chi connectivity index (χ1v) is 6.22. The van der Waals surface area contributed by atoms with Crippen LogP contribution in [0.2, 0.25) is 0 Å². The zero-order valence-electron chi connectivity index (χ0n) is 9.84. The molecule has 1 saturated heterocycles. The number of piperidine rings is 1. The van der Waals surface area contributed by atoms with Gasteiger partial charge >= 0.3 is 0 Å². The molecule has 0 aliphatic carbocycles. The second kappa shape index (κ2) is 4.93. The molecule has 88 valence electrons. The number of alkyl halides is 1. The van der Waals surface area contributed by atoms with E-state index in [1.165, 1.54) is 0 Å². The van der Waals surface area contributed by atoms with Crippen molar-refractivity contribution in [3.8, 4) is 0 Å². The second-order valence-corrected chi connectivity index (χ2v) is 6.40. The zero-order chi connectivity index (χ0) is 11.6. The number of hydrogen-bond donors (Lipinski definition) is 1.